The molecule has 0 rings (SSSR count). The van der Waals surface area contributed by atoms with Crippen LogP contribution in [-0.4, -0.2) is 11.9 Å². The number of amides is 1. The summed E-state index contributed by atoms with van der Waals surface area (Å²) in [6.07, 6.45) is 0. The molecule has 0 aromatic heterocycles. The quantitative estimate of drug-likeness (QED) is 0.618. The van der Waals surface area contributed by atoms with Crippen LogP contribution in [0.3, 0.4) is 0 Å². The standard InChI is InChI=1S/C9H17NO/c1-6(2)8(5)10-9(11)7(3)4/h7-8H,1H2,2-5H3,(H,10,11)/t8-/m1/s1. The smallest absolute Gasteiger partial charge is 0.223 e. The van der Waals surface area contributed by atoms with Gasteiger partial charge in [0.05, 0.1) is 0 Å². The van der Waals surface area contributed by atoms with Crippen LogP contribution in [0.25, 0.3) is 0 Å². The average Bonchev–Trinajstić information content (AvgIpc) is 1.87. The van der Waals surface area contributed by atoms with Crippen molar-refractivity contribution >= 4 is 5.91 Å². The molecule has 0 aromatic carbocycles. The van der Waals surface area contributed by atoms with Crippen molar-refractivity contribution in [3.05, 3.63) is 12.2 Å². The van der Waals surface area contributed by atoms with Crippen molar-refractivity contribution in [2.45, 2.75) is 33.7 Å². The largest absolute Gasteiger partial charge is 0.350 e. The molecule has 0 aliphatic carbocycles. The average molecular weight is 155 g/mol. The van der Waals surface area contributed by atoms with Crippen molar-refractivity contribution in [2.24, 2.45) is 5.92 Å². The Labute approximate surface area is 68.7 Å². The van der Waals surface area contributed by atoms with E-state index in [1.54, 1.807) is 0 Å². The predicted octanol–water partition coefficient (Wildman–Crippen LogP) is 1.72. The Bertz CT molecular complexity index is 161. The summed E-state index contributed by atoms with van der Waals surface area (Å²) in [5.41, 5.74) is 0.985. The summed E-state index contributed by atoms with van der Waals surface area (Å²) in [5, 5.41) is 2.84. The Morgan fingerprint density at radius 3 is 2.09 bits per heavy atom. The molecule has 64 valence electrons. The molecular formula is C9H17NO. The fraction of sp³-hybridized carbons (Fsp3) is 0.667. The predicted molar refractivity (Wildman–Crippen MR) is 47.3 cm³/mol. The number of hydrogen-bond donors (Lipinski definition) is 1. The van der Waals surface area contributed by atoms with Gasteiger partial charge < -0.3 is 5.32 Å². The number of carbonyl (C=O) groups is 1. The molecule has 0 saturated carbocycles. The molecule has 0 aliphatic rings. The summed E-state index contributed by atoms with van der Waals surface area (Å²) in [5.74, 6) is 0.136. The second-order valence-electron chi connectivity index (χ2n) is 3.23. The van der Waals surface area contributed by atoms with E-state index in [0.29, 0.717) is 0 Å². The monoisotopic (exact) mass is 155 g/mol. The van der Waals surface area contributed by atoms with Gasteiger partial charge in [0, 0.05) is 12.0 Å². The third kappa shape index (κ3) is 3.81. The van der Waals surface area contributed by atoms with E-state index in [9.17, 15) is 4.79 Å². The zero-order chi connectivity index (χ0) is 9.02. The lowest BCUT2D eigenvalue weighted by Gasteiger charge is -2.14. The molecule has 11 heavy (non-hydrogen) atoms. The zero-order valence-electron chi connectivity index (χ0n) is 7.77. The summed E-state index contributed by atoms with van der Waals surface area (Å²) in [4.78, 5) is 11.1. The lowest BCUT2D eigenvalue weighted by atomic mass is 10.1. The summed E-state index contributed by atoms with van der Waals surface area (Å²) < 4.78 is 0. The van der Waals surface area contributed by atoms with Crippen molar-refractivity contribution in [2.75, 3.05) is 0 Å². The Kier molecular flexibility index (Phi) is 3.86. The van der Waals surface area contributed by atoms with Crippen LogP contribution in [0.1, 0.15) is 27.7 Å². The van der Waals surface area contributed by atoms with Crippen molar-refractivity contribution < 1.29 is 4.79 Å². The summed E-state index contributed by atoms with van der Waals surface area (Å²) in [6.45, 7) is 11.3. The van der Waals surface area contributed by atoms with E-state index >= 15 is 0 Å². The van der Waals surface area contributed by atoms with Crippen LogP contribution in [-0.2, 0) is 4.79 Å². The molecule has 2 nitrogen and oxygen atoms in total. The number of nitrogens with one attached hydrogen (secondary N) is 1. The Balaban J connectivity index is 3.85. The van der Waals surface area contributed by atoms with E-state index in [2.05, 4.69) is 11.9 Å². The van der Waals surface area contributed by atoms with Gasteiger partial charge in [-0.25, -0.2) is 0 Å². The van der Waals surface area contributed by atoms with Crippen LogP contribution >= 0.6 is 0 Å². The molecule has 0 radical (unpaired) electrons. The molecule has 2 heteroatoms. The van der Waals surface area contributed by atoms with E-state index in [1.165, 1.54) is 0 Å². The van der Waals surface area contributed by atoms with Crippen LogP contribution in [0.2, 0.25) is 0 Å². The first-order valence-corrected chi connectivity index (χ1v) is 3.91. The van der Waals surface area contributed by atoms with Crippen molar-refractivity contribution in [1.29, 1.82) is 0 Å². The molecule has 0 aromatic rings. The van der Waals surface area contributed by atoms with Crippen LogP contribution in [0.4, 0.5) is 0 Å². The molecule has 0 bridgehead atoms. The second kappa shape index (κ2) is 4.16. The van der Waals surface area contributed by atoms with Crippen LogP contribution in [0.15, 0.2) is 12.2 Å². The van der Waals surface area contributed by atoms with Crippen LogP contribution in [0.5, 0.6) is 0 Å². The minimum absolute atomic E-state index is 0.0526. The van der Waals surface area contributed by atoms with Crippen molar-refractivity contribution in [3.8, 4) is 0 Å². The highest BCUT2D eigenvalue weighted by Gasteiger charge is 2.09. The van der Waals surface area contributed by atoms with E-state index in [0.717, 1.165) is 5.57 Å². The molecule has 0 heterocycles. The first-order valence-electron chi connectivity index (χ1n) is 3.91. The zero-order valence-corrected chi connectivity index (χ0v) is 7.77. The minimum atomic E-state index is 0.0526. The molecule has 0 unspecified atom stereocenters. The Hall–Kier alpha value is -0.790. The van der Waals surface area contributed by atoms with Gasteiger partial charge in [-0.2, -0.15) is 0 Å². The fourth-order valence-corrected chi connectivity index (χ4v) is 0.503. The third-order valence-corrected chi connectivity index (χ3v) is 1.62. The van der Waals surface area contributed by atoms with Gasteiger partial charge in [0.1, 0.15) is 0 Å². The molecular weight excluding hydrogens is 138 g/mol. The van der Waals surface area contributed by atoms with Gasteiger partial charge in [0.2, 0.25) is 5.91 Å². The second-order valence-corrected chi connectivity index (χ2v) is 3.23. The highest BCUT2D eigenvalue weighted by molar-refractivity contribution is 5.78. The van der Waals surface area contributed by atoms with Crippen molar-refractivity contribution in [3.63, 3.8) is 0 Å². The van der Waals surface area contributed by atoms with E-state index in [1.807, 2.05) is 27.7 Å². The Morgan fingerprint density at radius 2 is 1.82 bits per heavy atom. The number of hydrogen-bond acceptors (Lipinski definition) is 1. The number of carbonyl (C=O) groups excluding carboxylic acids is 1. The first-order chi connectivity index (χ1) is 4.95. The van der Waals surface area contributed by atoms with Gasteiger partial charge in [-0.1, -0.05) is 26.0 Å². The maximum atomic E-state index is 11.1. The normalized spacial score (nSPS) is 12.8. The molecule has 1 atom stereocenters. The highest BCUT2D eigenvalue weighted by Crippen LogP contribution is 1.98. The lowest BCUT2D eigenvalue weighted by molar-refractivity contribution is -0.124. The maximum absolute atomic E-state index is 11.1. The molecule has 1 N–H and O–H groups in total. The topological polar surface area (TPSA) is 29.1 Å². The van der Waals surface area contributed by atoms with E-state index in [4.69, 9.17) is 0 Å². The molecule has 0 spiro atoms. The Morgan fingerprint density at radius 1 is 1.36 bits per heavy atom. The SMILES string of the molecule is C=C(C)[C@@H](C)NC(=O)C(C)C. The summed E-state index contributed by atoms with van der Waals surface area (Å²) in [7, 11) is 0. The van der Waals surface area contributed by atoms with Gasteiger partial charge >= 0.3 is 0 Å². The fourth-order valence-electron chi connectivity index (χ4n) is 0.503. The van der Waals surface area contributed by atoms with Crippen LogP contribution < -0.4 is 5.32 Å². The van der Waals surface area contributed by atoms with E-state index in [-0.39, 0.29) is 17.9 Å². The lowest BCUT2D eigenvalue weighted by Crippen LogP contribution is -2.35. The van der Waals surface area contributed by atoms with Crippen molar-refractivity contribution in [1.82, 2.24) is 5.32 Å². The first kappa shape index (κ1) is 10.2. The van der Waals surface area contributed by atoms with Gasteiger partial charge in [-0.15, -0.1) is 0 Å². The summed E-state index contributed by atoms with van der Waals surface area (Å²) >= 11 is 0. The van der Waals surface area contributed by atoms with Gasteiger partial charge in [-0.05, 0) is 13.8 Å². The highest BCUT2D eigenvalue weighted by atomic mass is 16.1. The van der Waals surface area contributed by atoms with Gasteiger partial charge in [-0.3, -0.25) is 4.79 Å². The number of rotatable bonds is 3. The molecule has 0 aliphatic heterocycles. The third-order valence-electron chi connectivity index (χ3n) is 1.62. The minimum Gasteiger partial charge on any atom is -0.350 e. The van der Waals surface area contributed by atoms with Gasteiger partial charge in [0.15, 0.2) is 0 Å². The summed E-state index contributed by atoms with van der Waals surface area (Å²) in [6, 6.07) is 0.0879. The van der Waals surface area contributed by atoms with Crippen LogP contribution in [0, 0.1) is 5.92 Å². The maximum Gasteiger partial charge on any atom is 0.223 e. The molecule has 0 fully saturated rings. The molecule has 1 amide bonds. The molecule has 0 saturated heterocycles. The van der Waals surface area contributed by atoms with E-state index < -0.39 is 0 Å². The van der Waals surface area contributed by atoms with Gasteiger partial charge in [0.25, 0.3) is 0 Å².